The molecule has 0 aliphatic rings. The molecule has 2 heterocycles. The van der Waals surface area contributed by atoms with Gasteiger partial charge < -0.3 is 5.73 Å². The van der Waals surface area contributed by atoms with Gasteiger partial charge in [0, 0.05) is 18.1 Å². The fourth-order valence-electron chi connectivity index (χ4n) is 1.38. The summed E-state index contributed by atoms with van der Waals surface area (Å²) >= 11 is 1.65. The van der Waals surface area contributed by atoms with Gasteiger partial charge >= 0.3 is 0 Å². The molecule has 0 saturated heterocycles. The molecule has 0 saturated carbocycles. The second-order valence-corrected chi connectivity index (χ2v) is 4.21. The van der Waals surface area contributed by atoms with Gasteiger partial charge in [-0.15, -0.1) is 11.3 Å². The lowest BCUT2D eigenvalue weighted by molar-refractivity contribution is 1.13. The molecule has 2 N–H and O–H groups in total. The maximum Gasteiger partial charge on any atom is 0.194 e. The Bertz CT molecular complexity index is 478. The van der Waals surface area contributed by atoms with Gasteiger partial charge in [-0.1, -0.05) is 5.57 Å². The number of aryl methyl sites for hydroxylation is 1. The number of nitrogens with zero attached hydrogens (tertiary/aromatic N) is 2. The van der Waals surface area contributed by atoms with E-state index in [0.29, 0.717) is 6.54 Å². The van der Waals surface area contributed by atoms with E-state index in [1.54, 1.807) is 11.3 Å². The number of rotatable bonds is 2. The van der Waals surface area contributed by atoms with Gasteiger partial charge in [-0.3, -0.25) is 4.40 Å². The van der Waals surface area contributed by atoms with E-state index < -0.39 is 0 Å². The summed E-state index contributed by atoms with van der Waals surface area (Å²) < 4.78 is 2.10. The van der Waals surface area contributed by atoms with E-state index >= 15 is 0 Å². The fraction of sp³-hybridized carbons (Fsp3) is 0.300. The van der Waals surface area contributed by atoms with Crippen LogP contribution >= 0.6 is 11.3 Å². The summed E-state index contributed by atoms with van der Waals surface area (Å²) in [5.41, 5.74) is 8.93. The van der Waals surface area contributed by atoms with Crippen LogP contribution in [0.5, 0.6) is 0 Å². The Balaban J connectivity index is 2.59. The highest BCUT2D eigenvalue weighted by molar-refractivity contribution is 7.15. The molecular weight excluding hydrogens is 194 g/mol. The molecule has 0 amide bonds. The van der Waals surface area contributed by atoms with E-state index in [-0.39, 0.29) is 0 Å². The third-order valence-corrected chi connectivity index (χ3v) is 2.94. The van der Waals surface area contributed by atoms with Crippen LogP contribution in [-0.2, 0) is 0 Å². The van der Waals surface area contributed by atoms with Gasteiger partial charge in [0.2, 0.25) is 0 Å². The Morgan fingerprint density at radius 3 is 3.21 bits per heavy atom. The van der Waals surface area contributed by atoms with Crippen LogP contribution in [0.2, 0.25) is 0 Å². The molecule has 0 unspecified atom stereocenters. The van der Waals surface area contributed by atoms with Crippen molar-refractivity contribution < 1.29 is 0 Å². The zero-order valence-corrected chi connectivity index (χ0v) is 9.14. The topological polar surface area (TPSA) is 43.3 Å². The maximum absolute atomic E-state index is 5.56. The van der Waals surface area contributed by atoms with Crippen LogP contribution in [0.25, 0.3) is 11.0 Å². The van der Waals surface area contributed by atoms with Gasteiger partial charge in [0.05, 0.1) is 11.4 Å². The minimum atomic E-state index is 0.594. The van der Waals surface area contributed by atoms with Gasteiger partial charge in [-0.05, 0) is 19.9 Å². The second kappa shape index (κ2) is 3.55. The van der Waals surface area contributed by atoms with Crippen molar-refractivity contribution in [3.05, 3.63) is 28.5 Å². The third-order valence-electron chi connectivity index (χ3n) is 2.19. The Hall–Kier alpha value is -1.13. The van der Waals surface area contributed by atoms with Crippen molar-refractivity contribution in [1.29, 1.82) is 0 Å². The highest BCUT2D eigenvalue weighted by Crippen LogP contribution is 2.18. The van der Waals surface area contributed by atoms with Gasteiger partial charge in [-0.25, -0.2) is 4.98 Å². The van der Waals surface area contributed by atoms with E-state index in [1.165, 1.54) is 5.57 Å². The van der Waals surface area contributed by atoms with Crippen LogP contribution in [0.15, 0.2) is 17.2 Å². The Labute approximate surface area is 86.9 Å². The summed E-state index contributed by atoms with van der Waals surface area (Å²) in [5.74, 6) is 0. The summed E-state index contributed by atoms with van der Waals surface area (Å²) in [6, 6.07) is 0. The molecule has 0 aromatic carbocycles. The van der Waals surface area contributed by atoms with Crippen LogP contribution in [-0.4, -0.2) is 15.9 Å². The summed E-state index contributed by atoms with van der Waals surface area (Å²) in [5, 5.41) is 2.04. The number of hydrogen-bond acceptors (Lipinski definition) is 3. The molecular formula is C10H13N3S. The summed E-state index contributed by atoms with van der Waals surface area (Å²) in [7, 11) is 0. The Morgan fingerprint density at radius 1 is 1.71 bits per heavy atom. The first-order chi connectivity index (χ1) is 6.72. The van der Waals surface area contributed by atoms with Crippen LogP contribution in [0, 0.1) is 6.92 Å². The van der Waals surface area contributed by atoms with Crippen molar-refractivity contribution >= 4 is 22.4 Å². The van der Waals surface area contributed by atoms with Crippen molar-refractivity contribution in [2.45, 2.75) is 13.8 Å². The lowest BCUT2D eigenvalue weighted by atomic mass is 10.2. The van der Waals surface area contributed by atoms with Crippen molar-refractivity contribution in [1.82, 2.24) is 9.38 Å². The average Bonchev–Trinajstić information content (AvgIpc) is 2.70. The summed E-state index contributed by atoms with van der Waals surface area (Å²) in [6.45, 7) is 4.65. The van der Waals surface area contributed by atoms with E-state index in [0.717, 1.165) is 16.3 Å². The molecule has 0 aliphatic heterocycles. The van der Waals surface area contributed by atoms with Crippen molar-refractivity contribution in [2.75, 3.05) is 6.54 Å². The van der Waals surface area contributed by atoms with Gasteiger partial charge in [-0.2, -0.15) is 0 Å². The van der Waals surface area contributed by atoms with Crippen LogP contribution in [0.1, 0.15) is 18.3 Å². The van der Waals surface area contributed by atoms with Crippen molar-refractivity contribution in [3.8, 4) is 0 Å². The van der Waals surface area contributed by atoms with E-state index in [1.807, 2.05) is 25.4 Å². The number of hydrogen-bond donors (Lipinski definition) is 1. The van der Waals surface area contributed by atoms with E-state index in [2.05, 4.69) is 15.5 Å². The highest BCUT2D eigenvalue weighted by atomic mass is 32.1. The highest BCUT2D eigenvalue weighted by Gasteiger charge is 2.06. The third kappa shape index (κ3) is 1.47. The largest absolute Gasteiger partial charge is 0.327 e. The quantitative estimate of drug-likeness (QED) is 0.819. The molecule has 3 nitrogen and oxygen atoms in total. The first-order valence-electron chi connectivity index (χ1n) is 4.51. The number of imidazole rings is 1. The molecule has 2 aromatic heterocycles. The first kappa shape index (κ1) is 9.43. The van der Waals surface area contributed by atoms with E-state index in [4.69, 9.17) is 5.73 Å². The zero-order chi connectivity index (χ0) is 10.1. The van der Waals surface area contributed by atoms with Gasteiger partial charge in [0.25, 0.3) is 0 Å². The molecule has 2 aromatic rings. The minimum absolute atomic E-state index is 0.594. The fourth-order valence-corrected chi connectivity index (χ4v) is 2.14. The Morgan fingerprint density at radius 2 is 2.50 bits per heavy atom. The molecule has 0 aliphatic carbocycles. The van der Waals surface area contributed by atoms with Gasteiger partial charge in [0.1, 0.15) is 0 Å². The van der Waals surface area contributed by atoms with Crippen LogP contribution in [0.3, 0.4) is 0 Å². The first-order valence-corrected chi connectivity index (χ1v) is 5.39. The Kier molecular flexibility index (Phi) is 2.39. The van der Waals surface area contributed by atoms with Crippen molar-refractivity contribution in [3.63, 3.8) is 0 Å². The number of nitrogens with two attached hydrogens (primary N) is 1. The average molecular weight is 207 g/mol. The lowest BCUT2D eigenvalue weighted by Crippen LogP contribution is -2.00. The normalized spacial score (nSPS) is 12.6. The monoisotopic (exact) mass is 207 g/mol. The number of thiazole rings is 1. The minimum Gasteiger partial charge on any atom is -0.327 e. The molecule has 4 heteroatoms. The maximum atomic E-state index is 5.56. The van der Waals surface area contributed by atoms with E-state index in [9.17, 15) is 0 Å². The second-order valence-electron chi connectivity index (χ2n) is 3.33. The predicted octanol–water partition coefficient (Wildman–Crippen LogP) is 2.07. The molecule has 0 spiro atoms. The molecule has 0 fully saturated rings. The smallest absolute Gasteiger partial charge is 0.194 e. The lowest BCUT2D eigenvalue weighted by Gasteiger charge is -1.96. The molecule has 2 rings (SSSR count). The van der Waals surface area contributed by atoms with Crippen LogP contribution < -0.4 is 5.73 Å². The van der Waals surface area contributed by atoms with Crippen molar-refractivity contribution in [2.24, 2.45) is 5.73 Å². The molecule has 14 heavy (non-hydrogen) atoms. The molecule has 74 valence electrons. The number of aromatic nitrogens is 2. The molecule has 0 atom stereocenters. The number of fused-ring (bicyclic) bond motifs is 1. The molecule has 0 radical (unpaired) electrons. The molecule has 0 bridgehead atoms. The SMILES string of the molecule is CC(=Cc1c(C)nc2sccn12)CN. The predicted molar refractivity (Wildman–Crippen MR) is 60.5 cm³/mol. The summed E-state index contributed by atoms with van der Waals surface area (Å²) in [6.07, 6.45) is 4.14. The standard InChI is InChI=1S/C10H13N3S/c1-7(6-11)5-9-8(2)12-10-13(9)3-4-14-10/h3-5H,6,11H2,1-2H3. The van der Waals surface area contributed by atoms with Gasteiger partial charge in [0.15, 0.2) is 4.96 Å². The summed E-state index contributed by atoms with van der Waals surface area (Å²) in [4.78, 5) is 5.50. The van der Waals surface area contributed by atoms with Crippen LogP contribution in [0.4, 0.5) is 0 Å². The zero-order valence-electron chi connectivity index (χ0n) is 8.32.